The Kier molecular flexibility index (Phi) is 6.08. The van der Waals surface area contributed by atoms with Gasteiger partial charge in [0.1, 0.15) is 12.4 Å². The van der Waals surface area contributed by atoms with Gasteiger partial charge < -0.3 is 14.8 Å². The first-order valence-corrected chi connectivity index (χ1v) is 8.97. The Hall–Kier alpha value is -2.86. The molecule has 0 spiro atoms. The average molecular weight is 430 g/mol. The van der Waals surface area contributed by atoms with Gasteiger partial charge in [0.15, 0.2) is 11.5 Å². The molecule has 0 aliphatic rings. The molecule has 0 saturated heterocycles. The maximum Gasteiger partial charge on any atom is 0.255 e. The SMILES string of the molecule is COc1cc(C(=O)Nc2ccc(Br)cc2F)ccc1OCc1ccccc1. The van der Waals surface area contributed by atoms with E-state index in [9.17, 15) is 9.18 Å². The highest BCUT2D eigenvalue weighted by Gasteiger charge is 2.13. The van der Waals surface area contributed by atoms with E-state index in [2.05, 4.69) is 21.2 Å². The zero-order valence-corrected chi connectivity index (χ0v) is 16.1. The van der Waals surface area contributed by atoms with Crippen LogP contribution in [0.5, 0.6) is 11.5 Å². The fourth-order valence-electron chi connectivity index (χ4n) is 2.45. The molecule has 3 rings (SSSR count). The van der Waals surface area contributed by atoms with Gasteiger partial charge in [-0.1, -0.05) is 46.3 Å². The quantitative estimate of drug-likeness (QED) is 0.568. The van der Waals surface area contributed by atoms with Crippen molar-refractivity contribution in [3.8, 4) is 11.5 Å². The molecule has 0 saturated carbocycles. The fourth-order valence-corrected chi connectivity index (χ4v) is 2.78. The van der Waals surface area contributed by atoms with Crippen molar-refractivity contribution < 1.29 is 18.7 Å². The third kappa shape index (κ3) is 4.86. The van der Waals surface area contributed by atoms with Gasteiger partial charge in [-0.05, 0) is 42.0 Å². The molecule has 0 aliphatic heterocycles. The van der Waals surface area contributed by atoms with E-state index in [1.807, 2.05) is 30.3 Å². The number of nitrogens with one attached hydrogen (secondary N) is 1. The van der Waals surface area contributed by atoms with Crippen LogP contribution >= 0.6 is 15.9 Å². The third-order valence-electron chi connectivity index (χ3n) is 3.84. The molecule has 0 unspecified atom stereocenters. The van der Waals surface area contributed by atoms with Crippen LogP contribution in [-0.4, -0.2) is 13.0 Å². The topological polar surface area (TPSA) is 47.6 Å². The van der Waals surface area contributed by atoms with Crippen LogP contribution in [0.15, 0.2) is 71.2 Å². The lowest BCUT2D eigenvalue weighted by Gasteiger charge is -2.13. The van der Waals surface area contributed by atoms with Crippen molar-refractivity contribution in [1.82, 2.24) is 0 Å². The Labute approximate surface area is 165 Å². The maximum absolute atomic E-state index is 13.9. The molecular formula is C21H17BrFNO3. The Bertz CT molecular complexity index is 947. The van der Waals surface area contributed by atoms with Gasteiger partial charge in [-0.25, -0.2) is 4.39 Å². The van der Waals surface area contributed by atoms with Crippen molar-refractivity contribution >= 4 is 27.5 Å². The molecular weight excluding hydrogens is 413 g/mol. The first-order valence-electron chi connectivity index (χ1n) is 8.18. The number of halogens is 2. The van der Waals surface area contributed by atoms with Gasteiger partial charge in [0.25, 0.3) is 5.91 Å². The summed E-state index contributed by atoms with van der Waals surface area (Å²) in [6.07, 6.45) is 0. The summed E-state index contributed by atoms with van der Waals surface area (Å²) in [5.74, 6) is -0.0146. The highest BCUT2D eigenvalue weighted by atomic mass is 79.9. The van der Waals surface area contributed by atoms with Gasteiger partial charge >= 0.3 is 0 Å². The van der Waals surface area contributed by atoms with Gasteiger partial charge in [0.2, 0.25) is 0 Å². The van der Waals surface area contributed by atoms with Gasteiger partial charge in [-0.3, -0.25) is 4.79 Å². The minimum atomic E-state index is -0.521. The second-order valence-electron chi connectivity index (χ2n) is 5.72. The molecule has 6 heteroatoms. The summed E-state index contributed by atoms with van der Waals surface area (Å²) in [6.45, 7) is 0.382. The Morgan fingerprint density at radius 1 is 1.04 bits per heavy atom. The van der Waals surface area contributed by atoms with Crippen molar-refractivity contribution in [2.75, 3.05) is 12.4 Å². The first kappa shape index (κ1) is 18.9. The molecule has 3 aromatic carbocycles. The van der Waals surface area contributed by atoms with Crippen molar-refractivity contribution in [2.45, 2.75) is 6.61 Å². The van der Waals surface area contributed by atoms with E-state index >= 15 is 0 Å². The molecule has 0 fully saturated rings. The molecule has 1 N–H and O–H groups in total. The van der Waals surface area contributed by atoms with Crippen LogP contribution in [-0.2, 0) is 6.61 Å². The van der Waals surface area contributed by atoms with Gasteiger partial charge in [-0.15, -0.1) is 0 Å². The summed E-state index contributed by atoms with van der Waals surface area (Å²) in [7, 11) is 1.50. The van der Waals surface area contributed by atoms with Crippen LogP contribution < -0.4 is 14.8 Å². The first-order chi connectivity index (χ1) is 13.1. The van der Waals surface area contributed by atoms with Crippen LogP contribution in [0.3, 0.4) is 0 Å². The molecule has 27 heavy (non-hydrogen) atoms. The number of carbonyl (C=O) groups is 1. The molecule has 138 valence electrons. The Balaban J connectivity index is 1.73. The van der Waals surface area contributed by atoms with E-state index in [1.54, 1.807) is 24.3 Å². The number of amides is 1. The molecule has 0 heterocycles. The molecule has 0 radical (unpaired) electrons. The number of methoxy groups -OCH3 is 1. The summed E-state index contributed by atoms with van der Waals surface area (Å²) < 4.78 is 25.6. The molecule has 3 aromatic rings. The van der Waals surface area contributed by atoms with E-state index in [0.717, 1.165) is 5.56 Å². The normalized spacial score (nSPS) is 10.3. The van der Waals surface area contributed by atoms with Gasteiger partial charge in [0.05, 0.1) is 12.8 Å². The summed E-state index contributed by atoms with van der Waals surface area (Å²) >= 11 is 3.18. The Morgan fingerprint density at radius 3 is 2.52 bits per heavy atom. The van der Waals surface area contributed by atoms with E-state index in [0.29, 0.717) is 28.1 Å². The van der Waals surface area contributed by atoms with E-state index in [1.165, 1.54) is 19.2 Å². The highest BCUT2D eigenvalue weighted by Crippen LogP contribution is 2.29. The molecule has 4 nitrogen and oxygen atoms in total. The molecule has 0 atom stereocenters. The molecule has 0 bridgehead atoms. The molecule has 0 aromatic heterocycles. The number of rotatable bonds is 6. The minimum absolute atomic E-state index is 0.103. The summed E-state index contributed by atoms with van der Waals surface area (Å²) in [5, 5.41) is 2.55. The Morgan fingerprint density at radius 2 is 1.81 bits per heavy atom. The number of anilines is 1. The van der Waals surface area contributed by atoms with Gasteiger partial charge in [0, 0.05) is 10.0 Å². The standard InChI is InChI=1S/C21H17BrFNO3/c1-26-20-11-15(21(25)24-18-9-8-16(22)12-17(18)23)7-10-19(20)27-13-14-5-3-2-4-6-14/h2-12H,13H2,1H3,(H,24,25). The monoisotopic (exact) mass is 429 g/mol. The lowest BCUT2D eigenvalue weighted by Crippen LogP contribution is -2.13. The number of carbonyl (C=O) groups excluding carboxylic acids is 1. The van der Waals surface area contributed by atoms with Crippen LogP contribution in [0, 0.1) is 5.82 Å². The van der Waals surface area contributed by atoms with Gasteiger partial charge in [-0.2, -0.15) is 0 Å². The van der Waals surface area contributed by atoms with Crippen molar-refractivity contribution in [3.63, 3.8) is 0 Å². The van der Waals surface area contributed by atoms with Crippen molar-refractivity contribution in [1.29, 1.82) is 0 Å². The van der Waals surface area contributed by atoms with Crippen LogP contribution in [0.2, 0.25) is 0 Å². The average Bonchev–Trinajstić information content (AvgIpc) is 2.69. The van der Waals surface area contributed by atoms with Crippen molar-refractivity contribution in [2.24, 2.45) is 0 Å². The van der Waals surface area contributed by atoms with Crippen LogP contribution in [0.1, 0.15) is 15.9 Å². The lowest BCUT2D eigenvalue weighted by molar-refractivity contribution is 0.102. The highest BCUT2D eigenvalue weighted by molar-refractivity contribution is 9.10. The van der Waals surface area contributed by atoms with Crippen LogP contribution in [0.4, 0.5) is 10.1 Å². The smallest absolute Gasteiger partial charge is 0.255 e. The van der Waals surface area contributed by atoms with Crippen molar-refractivity contribution in [3.05, 3.63) is 88.1 Å². The maximum atomic E-state index is 13.9. The number of ether oxygens (including phenoxy) is 2. The zero-order chi connectivity index (χ0) is 19.2. The zero-order valence-electron chi connectivity index (χ0n) is 14.5. The van der Waals surface area contributed by atoms with E-state index in [-0.39, 0.29) is 5.69 Å². The molecule has 0 aliphatic carbocycles. The molecule has 1 amide bonds. The number of benzene rings is 3. The minimum Gasteiger partial charge on any atom is -0.493 e. The predicted octanol–water partition coefficient (Wildman–Crippen LogP) is 5.43. The number of hydrogen-bond donors (Lipinski definition) is 1. The third-order valence-corrected chi connectivity index (χ3v) is 4.34. The summed E-state index contributed by atoms with van der Waals surface area (Å²) in [5.41, 5.74) is 1.46. The summed E-state index contributed by atoms with van der Waals surface area (Å²) in [6, 6.07) is 19.0. The van der Waals surface area contributed by atoms with E-state index in [4.69, 9.17) is 9.47 Å². The lowest BCUT2D eigenvalue weighted by atomic mass is 10.1. The van der Waals surface area contributed by atoms with Crippen LogP contribution in [0.25, 0.3) is 0 Å². The number of hydrogen-bond acceptors (Lipinski definition) is 3. The predicted molar refractivity (Wildman–Crippen MR) is 106 cm³/mol. The summed E-state index contributed by atoms with van der Waals surface area (Å²) in [4.78, 5) is 12.4. The fraction of sp³-hybridized carbons (Fsp3) is 0.0952. The van der Waals surface area contributed by atoms with E-state index < -0.39 is 11.7 Å². The second-order valence-corrected chi connectivity index (χ2v) is 6.63. The second kappa shape index (κ2) is 8.68. The largest absolute Gasteiger partial charge is 0.493 e.